The average molecular weight is 378 g/mol. The van der Waals surface area contributed by atoms with Crippen LogP contribution in [0.1, 0.15) is 47.4 Å². The van der Waals surface area contributed by atoms with Crippen molar-refractivity contribution in [2.24, 2.45) is 0 Å². The van der Waals surface area contributed by atoms with Crippen molar-refractivity contribution >= 4 is 23.6 Å². The molecule has 2 fully saturated rings. The molecule has 0 saturated carbocycles. The number of piperidine rings is 1. The number of carbonyl (C=O) groups excluding carboxylic acids is 2. The predicted molar refractivity (Wildman–Crippen MR) is 102 cm³/mol. The minimum atomic E-state index is -0.165. The van der Waals surface area contributed by atoms with Crippen molar-refractivity contribution in [1.82, 2.24) is 14.8 Å². The van der Waals surface area contributed by atoms with Gasteiger partial charge in [-0.25, -0.2) is 0 Å². The minimum Gasteiger partial charge on any atom is -0.465 e. The predicted octanol–water partition coefficient (Wildman–Crippen LogP) is 2.28. The first-order valence-electron chi connectivity index (χ1n) is 9.31. The number of hydrogen-bond acceptors (Lipinski definition) is 6. The smallest absolute Gasteiger partial charge is 0.320 e. The zero-order chi connectivity index (χ0) is 18.5. The van der Waals surface area contributed by atoms with E-state index in [1.807, 2.05) is 30.9 Å². The second-order valence-electron chi connectivity index (χ2n) is 6.85. The quantitative estimate of drug-likeness (QED) is 0.734. The number of aryl methyl sites for hydroxylation is 1. The van der Waals surface area contributed by atoms with Crippen molar-refractivity contribution in [2.75, 3.05) is 44.4 Å². The van der Waals surface area contributed by atoms with Crippen LogP contribution in [0.15, 0.2) is 12.1 Å². The molecule has 26 heavy (non-hydrogen) atoms. The Bertz CT molecular complexity index is 653. The second-order valence-corrected chi connectivity index (χ2v) is 7.92. The minimum absolute atomic E-state index is 0.103. The highest BCUT2D eigenvalue weighted by molar-refractivity contribution is 7.99. The van der Waals surface area contributed by atoms with E-state index in [-0.39, 0.29) is 17.8 Å². The Balaban J connectivity index is 1.68. The molecule has 0 bridgehead atoms. The molecule has 2 aliphatic heterocycles. The number of nitrogens with zero attached hydrogens (tertiary/aromatic N) is 3. The van der Waals surface area contributed by atoms with Gasteiger partial charge in [0.2, 0.25) is 0 Å². The standard InChI is InChI=1S/C19H27N3O3S/c1-3-25-17(23)12-21-8-6-15(7-9-21)18-16(5-4-14(2)20-18)19(24)22-10-11-26-13-22/h4-5,15H,3,6-13H2,1-2H3. The molecule has 0 N–H and O–H groups in total. The first-order valence-corrected chi connectivity index (χ1v) is 10.5. The summed E-state index contributed by atoms with van der Waals surface area (Å²) in [6.45, 7) is 7.03. The van der Waals surface area contributed by atoms with Crippen LogP contribution in [0, 0.1) is 6.92 Å². The van der Waals surface area contributed by atoms with Crippen LogP contribution in [0.2, 0.25) is 0 Å². The third-order valence-electron chi connectivity index (χ3n) is 4.97. The van der Waals surface area contributed by atoms with Crippen LogP contribution in [-0.4, -0.2) is 71.1 Å². The third kappa shape index (κ3) is 4.57. The van der Waals surface area contributed by atoms with Gasteiger partial charge >= 0.3 is 5.97 Å². The number of amides is 1. The maximum atomic E-state index is 12.9. The molecule has 1 amide bonds. The summed E-state index contributed by atoms with van der Waals surface area (Å²) in [5.41, 5.74) is 2.63. The van der Waals surface area contributed by atoms with Gasteiger partial charge in [0.15, 0.2) is 0 Å². The number of aromatic nitrogens is 1. The Labute approximate surface area is 159 Å². The molecule has 0 spiro atoms. The number of likely N-dealkylation sites (tertiary alicyclic amines) is 1. The maximum absolute atomic E-state index is 12.9. The van der Waals surface area contributed by atoms with Crippen molar-refractivity contribution in [3.63, 3.8) is 0 Å². The molecule has 3 rings (SSSR count). The molecule has 3 heterocycles. The SMILES string of the molecule is CCOC(=O)CN1CCC(c2nc(C)ccc2C(=O)N2CCSC2)CC1. The summed E-state index contributed by atoms with van der Waals surface area (Å²) in [6, 6.07) is 3.86. The lowest BCUT2D eigenvalue weighted by Crippen LogP contribution is -2.38. The first kappa shape index (κ1) is 19.2. The van der Waals surface area contributed by atoms with Crippen LogP contribution >= 0.6 is 11.8 Å². The number of pyridine rings is 1. The zero-order valence-electron chi connectivity index (χ0n) is 15.6. The average Bonchev–Trinajstić information content (AvgIpc) is 3.16. The number of esters is 1. The molecular formula is C19H27N3O3S. The number of rotatable bonds is 5. The summed E-state index contributed by atoms with van der Waals surface area (Å²) in [5.74, 6) is 1.98. The monoisotopic (exact) mass is 377 g/mol. The second kappa shape index (κ2) is 8.86. The van der Waals surface area contributed by atoms with Gasteiger partial charge in [0, 0.05) is 23.9 Å². The van der Waals surface area contributed by atoms with Crippen LogP contribution in [0.3, 0.4) is 0 Å². The Hall–Kier alpha value is -1.60. The van der Waals surface area contributed by atoms with Gasteiger partial charge in [0.1, 0.15) is 0 Å². The molecule has 0 atom stereocenters. The molecule has 0 unspecified atom stereocenters. The fourth-order valence-electron chi connectivity index (χ4n) is 3.57. The van der Waals surface area contributed by atoms with Gasteiger partial charge < -0.3 is 9.64 Å². The number of hydrogen-bond donors (Lipinski definition) is 0. The van der Waals surface area contributed by atoms with Crippen LogP contribution in [0.5, 0.6) is 0 Å². The fraction of sp³-hybridized carbons (Fsp3) is 0.632. The van der Waals surface area contributed by atoms with Crippen LogP contribution in [-0.2, 0) is 9.53 Å². The van der Waals surface area contributed by atoms with Crippen LogP contribution < -0.4 is 0 Å². The van der Waals surface area contributed by atoms with E-state index in [0.717, 1.165) is 61.1 Å². The van der Waals surface area contributed by atoms with Crippen molar-refractivity contribution in [1.29, 1.82) is 0 Å². The van der Waals surface area contributed by atoms with E-state index in [2.05, 4.69) is 4.90 Å². The van der Waals surface area contributed by atoms with E-state index in [1.54, 1.807) is 11.8 Å². The summed E-state index contributed by atoms with van der Waals surface area (Å²) < 4.78 is 5.03. The van der Waals surface area contributed by atoms with E-state index in [1.165, 1.54) is 0 Å². The summed E-state index contributed by atoms with van der Waals surface area (Å²) in [4.78, 5) is 33.4. The lowest BCUT2D eigenvalue weighted by Gasteiger charge is -2.32. The largest absolute Gasteiger partial charge is 0.465 e. The Morgan fingerprint density at radius 2 is 2.04 bits per heavy atom. The van der Waals surface area contributed by atoms with Crippen LogP contribution in [0.4, 0.5) is 0 Å². The lowest BCUT2D eigenvalue weighted by atomic mass is 9.89. The zero-order valence-corrected chi connectivity index (χ0v) is 16.4. The molecule has 1 aromatic rings. The van der Waals surface area contributed by atoms with E-state index >= 15 is 0 Å². The molecule has 0 aliphatic carbocycles. The summed E-state index contributed by atoms with van der Waals surface area (Å²) in [7, 11) is 0. The lowest BCUT2D eigenvalue weighted by molar-refractivity contribution is -0.144. The highest BCUT2D eigenvalue weighted by Gasteiger charge is 2.29. The molecule has 142 valence electrons. The molecular weight excluding hydrogens is 350 g/mol. The van der Waals surface area contributed by atoms with Gasteiger partial charge in [-0.3, -0.25) is 19.5 Å². The molecule has 6 nitrogen and oxygen atoms in total. The van der Waals surface area contributed by atoms with Gasteiger partial charge in [0.05, 0.1) is 30.3 Å². The topological polar surface area (TPSA) is 62.7 Å². The molecule has 7 heteroatoms. The highest BCUT2D eigenvalue weighted by atomic mass is 32.2. The highest BCUT2D eigenvalue weighted by Crippen LogP contribution is 2.30. The molecule has 0 aromatic carbocycles. The third-order valence-corrected chi connectivity index (χ3v) is 5.93. The van der Waals surface area contributed by atoms with E-state index in [9.17, 15) is 9.59 Å². The first-order chi connectivity index (χ1) is 12.6. The maximum Gasteiger partial charge on any atom is 0.320 e. The van der Waals surface area contributed by atoms with Crippen LogP contribution in [0.25, 0.3) is 0 Å². The fourth-order valence-corrected chi connectivity index (χ4v) is 4.51. The summed E-state index contributed by atoms with van der Waals surface area (Å²) in [6.07, 6.45) is 1.82. The summed E-state index contributed by atoms with van der Waals surface area (Å²) in [5, 5.41) is 0. The van der Waals surface area contributed by atoms with Gasteiger partial charge in [-0.15, -0.1) is 11.8 Å². The van der Waals surface area contributed by atoms with Gasteiger partial charge in [-0.05, 0) is 51.9 Å². The van der Waals surface area contributed by atoms with Gasteiger partial charge in [-0.2, -0.15) is 0 Å². The molecule has 2 aliphatic rings. The number of ether oxygens (including phenoxy) is 1. The Morgan fingerprint density at radius 3 is 2.69 bits per heavy atom. The molecule has 1 aromatic heterocycles. The number of thioether (sulfide) groups is 1. The van der Waals surface area contributed by atoms with Crippen molar-refractivity contribution in [2.45, 2.75) is 32.6 Å². The molecule has 2 saturated heterocycles. The van der Waals surface area contributed by atoms with E-state index in [4.69, 9.17) is 9.72 Å². The van der Waals surface area contributed by atoms with E-state index in [0.29, 0.717) is 13.2 Å². The summed E-state index contributed by atoms with van der Waals surface area (Å²) >= 11 is 1.79. The Morgan fingerprint density at radius 1 is 1.27 bits per heavy atom. The van der Waals surface area contributed by atoms with E-state index < -0.39 is 0 Å². The van der Waals surface area contributed by atoms with Gasteiger partial charge in [0.25, 0.3) is 5.91 Å². The van der Waals surface area contributed by atoms with Crippen molar-refractivity contribution < 1.29 is 14.3 Å². The van der Waals surface area contributed by atoms with Crippen molar-refractivity contribution in [3.8, 4) is 0 Å². The van der Waals surface area contributed by atoms with Gasteiger partial charge in [-0.1, -0.05) is 0 Å². The Kier molecular flexibility index (Phi) is 6.53. The van der Waals surface area contributed by atoms with Crippen molar-refractivity contribution in [3.05, 3.63) is 29.1 Å². The number of carbonyl (C=O) groups is 2. The normalized spacial score (nSPS) is 18.9. The molecule has 0 radical (unpaired) electrons.